The van der Waals surface area contributed by atoms with Gasteiger partial charge in [-0.25, -0.2) is 0 Å². The number of benzene rings is 1. The second kappa shape index (κ2) is 5.93. The molecule has 1 aromatic carbocycles. The molecule has 1 amide bonds. The average Bonchev–Trinajstić information content (AvgIpc) is 3.24. The smallest absolute Gasteiger partial charge is 0.253 e. The van der Waals surface area contributed by atoms with E-state index in [1.54, 1.807) is 0 Å². The van der Waals surface area contributed by atoms with Gasteiger partial charge in [-0.3, -0.25) is 9.79 Å². The predicted octanol–water partition coefficient (Wildman–Crippen LogP) is 2.26. The van der Waals surface area contributed by atoms with Crippen LogP contribution in [0.25, 0.3) is 0 Å². The topological polar surface area (TPSA) is 53.9 Å². The summed E-state index contributed by atoms with van der Waals surface area (Å²) in [5.74, 6) is 1.10. The predicted molar refractivity (Wildman–Crippen MR) is 88.3 cm³/mol. The number of carbonyl (C=O) groups is 1. The number of ether oxygens (including phenoxy) is 1. The molecule has 0 unspecified atom stereocenters. The van der Waals surface area contributed by atoms with Gasteiger partial charge in [-0.2, -0.15) is 0 Å². The van der Waals surface area contributed by atoms with Crippen LogP contribution in [0.5, 0.6) is 0 Å². The fraction of sp³-hybridized carbons (Fsp3) is 0.500. The number of carbonyl (C=O) groups excluding carboxylic acids is 1. The summed E-state index contributed by atoms with van der Waals surface area (Å²) in [4.78, 5) is 19.3. The normalized spacial score (nSPS) is 26.9. The van der Waals surface area contributed by atoms with Gasteiger partial charge in [0.25, 0.3) is 5.91 Å². The van der Waals surface area contributed by atoms with Gasteiger partial charge in [0.2, 0.25) is 0 Å². The van der Waals surface area contributed by atoms with Gasteiger partial charge < -0.3 is 15.0 Å². The molecule has 1 N–H and O–H groups in total. The van der Waals surface area contributed by atoms with Crippen molar-refractivity contribution in [3.05, 3.63) is 29.8 Å². The Bertz CT molecular complexity index is 613. The molecule has 0 aliphatic carbocycles. The summed E-state index contributed by atoms with van der Waals surface area (Å²) in [6, 6.07) is 8.21. The van der Waals surface area contributed by atoms with Crippen molar-refractivity contribution in [1.29, 1.82) is 0 Å². The van der Waals surface area contributed by atoms with Crippen molar-refractivity contribution in [1.82, 2.24) is 4.90 Å². The minimum absolute atomic E-state index is 0.0384. The number of fused-ring (bicyclic) bond motifs is 1. The number of rotatable bonds is 3. The van der Waals surface area contributed by atoms with Crippen LogP contribution in [0, 0.1) is 0 Å². The van der Waals surface area contributed by atoms with Crippen molar-refractivity contribution >= 4 is 28.5 Å². The van der Waals surface area contributed by atoms with Crippen LogP contribution in [0.1, 0.15) is 24.4 Å². The van der Waals surface area contributed by atoms with E-state index in [1.807, 2.05) is 30.0 Å². The number of nitrogens with one attached hydrogen (secondary N) is 1. The number of anilines is 1. The zero-order chi connectivity index (χ0) is 14.9. The van der Waals surface area contributed by atoms with Gasteiger partial charge in [-0.1, -0.05) is 23.9 Å². The summed E-state index contributed by atoms with van der Waals surface area (Å²) in [5.41, 5.74) is 1.99. The molecule has 2 atom stereocenters. The first-order chi connectivity index (χ1) is 10.8. The molecular formula is C16H19N3O2S. The van der Waals surface area contributed by atoms with E-state index in [4.69, 9.17) is 9.73 Å². The lowest BCUT2D eigenvalue weighted by atomic mass is 10.1. The quantitative estimate of drug-likeness (QED) is 0.929. The van der Waals surface area contributed by atoms with Gasteiger partial charge in [-0.05, 0) is 30.5 Å². The van der Waals surface area contributed by atoms with Crippen molar-refractivity contribution < 1.29 is 9.53 Å². The molecule has 0 bridgehead atoms. The first-order valence-electron chi connectivity index (χ1n) is 7.77. The Balaban J connectivity index is 1.46. The minimum atomic E-state index is -0.294. The van der Waals surface area contributed by atoms with E-state index in [0.717, 1.165) is 42.9 Å². The monoisotopic (exact) mass is 317 g/mol. The Morgan fingerprint density at radius 1 is 1.45 bits per heavy atom. The highest BCUT2D eigenvalue weighted by Gasteiger charge is 2.30. The molecule has 22 heavy (non-hydrogen) atoms. The number of nitrogens with zero attached hydrogens (tertiary/aromatic N) is 2. The van der Waals surface area contributed by atoms with E-state index in [1.165, 1.54) is 5.17 Å². The molecule has 0 saturated carbocycles. The summed E-state index contributed by atoms with van der Waals surface area (Å²) in [6.45, 7) is 2.73. The Hall–Kier alpha value is -1.53. The molecule has 1 aromatic rings. The molecule has 0 radical (unpaired) electrons. The van der Waals surface area contributed by atoms with Gasteiger partial charge in [-0.15, -0.1) is 0 Å². The van der Waals surface area contributed by atoms with E-state index in [9.17, 15) is 4.79 Å². The van der Waals surface area contributed by atoms with Crippen LogP contribution in [-0.2, 0) is 9.53 Å². The summed E-state index contributed by atoms with van der Waals surface area (Å²) >= 11 is 1.83. The van der Waals surface area contributed by atoms with Gasteiger partial charge >= 0.3 is 0 Å². The van der Waals surface area contributed by atoms with Crippen molar-refractivity contribution in [3.8, 4) is 0 Å². The highest BCUT2D eigenvalue weighted by atomic mass is 32.2. The van der Waals surface area contributed by atoms with Crippen LogP contribution < -0.4 is 5.32 Å². The maximum absolute atomic E-state index is 12.1. The van der Waals surface area contributed by atoms with Crippen molar-refractivity contribution in [2.24, 2.45) is 4.99 Å². The van der Waals surface area contributed by atoms with Crippen LogP contribution in [0.3, 0.4) is 0 Å². The number of amides is 1. The molecule has 0 aromatic heterocycles. The van der Waals surface area contributed by atoms with Crippen molar-refractivity contribution in [3.63, 3.8) is 0 Å². The molecule has 3 aliphatic heterocycles. The first-order valence-corrected chi connectivity index (χ1v) is 8.76. The molecular weight excluding hydrogens is 298 g/mol. The second-order valence-corrected chi connectivity index (χ2v) is 6.90. The second-order valence-electron chi connectivity index (χ2n) is 5.84. The molecule has 2 saturated heterocycles. The van der Waals surface area contributed by atoms with Crippen LogP contribution >= 0.6 is 11.8 Å². The minimum Gasteiger partial charge on any atom is -0.368 e. The highest BCUT2D eigenvalue weighted by Crippen LogP contribution is 2.33. The molecule has 5 nitrogen and oxygen atoms in total. The largest absolute Gasteiger partial charge is 0.368 e. The Kier molecular flexibility index (Phi) is 3.80. The van der Waals surface area contributed by atoms with E-state index in [0.29, 0.717) is 6.61 Å². The lowest BCUT2D eigenvalue weighted by molar-refractivity contribution is -0.124. The summed E-state index contributed by atoms with van der Waals surface area (Å²) in [7, 11) is 0. The molecule has 2 fully saturated rings. The SMILES string of the molecule is O=C(Nc1cccc([C@H]2CN3CCSC3=N2)c1)[C@H]1CCCO1. The molecule has 3 aliphatic rings. The van der Waals surface area contributed by atoms with Crippen LogP contribution in [0.4, 0.5) is 5.69 Å². The third-order valence-corrected chi connectivity index (χ3v) is 5.29. The van der Waals surface area contributed by atoms with E-state index in [2.05, 4.69) is 16.3 Å². The zero-order valence-corrected chi connectivity index (χ0v) is 13.1. The Morgan fingerprint density at radius 3 is 3.23 bits per heavy atom. The number of amidine groups is 1. The molecule has 3 heterocycles. The first kappa shape index (κ1) is 14.1. The highest BCUT2D eigenvalue weighted by molar-refractivity contribution is 8.14. The molecule has 116 valence electrons. The maximum atomic E-state index is 12.1. The Morgan fingerprint density at radius 2 is 2.41 bits per heavy atom. The number of hydrogen-bond acceptors (Lipinski definition) is 5. The summed E-state index contributed by atoms with van der Waals surface area (Å²) < 4.78 is 5.42. The van der Waals surface area contributed by atoms with E-state index >= 15 is 0 Å². The molecule has 0 spiro atoms. The summed E-state index contributed by atoms with van der Waals surface area (Å²) in [5, 5.41) is 4.13. The van der Waals surface area contributed by atoms with Gasteiger partial charge in [0, 0.05) is 31.1 Å². The lowest BCUT2D eigenvalue weighted by Crippen LogP contribution is -2.26. The standard InChI is InChI=1S/C16H19N3O2S/c20-15(14-5-2-7-21-14)17-12-4-1-3-11(9-12)13-10-19-6-8-22-16(19)18-13/h1,3-4,9,13-14H,2,5-8,10H2,(H,17,20)/t13-,14-/m1/s1. The van der Waals surface area contributed by atoms with Gasteiger partial charge in [0.1, 0.15) is 6.10 Å². The third-order valence-electron chi connectivity index (χ3n) is 4.28. The zero-order valence-electron chi connectivity index (χ0n) is 12.3. The van der Waals surface area contributed by atoms with E-state index in [-0.39, 0.29) is 18.1 Å². The third kappa shape index (κ3) is 2.73. The van der Waals surface area contributed by atoms with Crippen LogP contribution in [0.2, 0.25) is 0 Å². The average molecular weight is 317 g/mol. The van der Waals surface area contributed by atoms with Crippen LogP contribution in [0.15, 0.2) is 29.3 Å². The van der Waals surface area contributed by atoms with Crippen molar-refractivity contribution in [2.45, 2.75) is 25.0 Å². The number of hydrogen-bond donors (Lipinski definition) is 1. The summed E-state index contributed by atoms with van der Waals surface area (Å²) in [6.07, 6.45) is 1.48. The fourth-order valence-corrected chi connectivity index (χ4v) is 4.16. The van der Waals surface area contributed by atoms with E-state index < -0.39 is 0 Å². The van der Waals surface area contributed by atoms with Gasteiger partial charge in [0.05, 0.1) is 6.04 Å². The molecule has 4 rings (SSSR count). The number of aliphatic imine (C=N–C) groups is 1. The molecule has 6 heteroatoms. The van der Waals surface area contributed by atoms with Crippen LogP contribution in [-0.4, -0.2) is 47.5 Å². The Labute approximate surface area is 134 Å². The van der Waals surface area contributed by atoms with Crippen molar-refractivity contribution in [2.75, 3.05) is 30.8 Å². The fourth-order valence-electron chi connectivity index (χ4n) is 3.12. The maximum Gasteiger partial charge on any atom is 0.253 e. The lowest BCUT2D eigenvalue weighted by Gasteiger charge is -2.15. The number of thioether (sulfide) groups is 1. The van der Waals surface area contributed by atoms with Gasteiger partial charge in [0.15, 0.2) is 5.17 Å².